The molecule has 1 aliphatic carbocycles. The van der Waals surface area contributed by atoms with Crippen LogP contribution in [0.1, 0.15) is 82.7 Å². The van der Waals surface area contributed by atoms with E-state index in [2.05, 4.69) is 130 Å². The average molecular weight is 485 g/mol. The lowest BCUT2D eigenvalue weighted by Crippen LogP contribution is -2.35. The van der Waals surface area contributed by atoms with Crippen molar-refractivity contribution in [2.75, 3.05) is 0 Å². The van der Waals surface area contributed by atoms with Crippen LogP contribution in [0.15, 0.2) is 83.7 Å². The summed E-state index contributed by atoms with van der Waals surface area (Å²) in [6.07, 6.45) is 18.0. The largest absolute Gasteiger partial charge is 0.167 e. The highest BCUT2D eigenvalue weighted by Crippen LogP contribution is 2.43. The molecule has 1 aromatic rings. The van der Waals surface area contributed by atoms with E-state index in [1.54, 1.807) is 0 Å². The third kappa shape index (κ3) is 6.60. The maximum absolute atomic E-state index is 5.11. The van der Waals surface area contributed by atoms with Gasteiger partial charge in [0.25, 0.3) is 0 Å². The molecule has 0 fully saturated rings. The van der Waals surface area contributed by atoms with Crippen LogP contribution in [-0.2, 0) is 0 Å². The molecule has 1 atom stereocenters. The van der Waals surface area contributed by atoms with Crippen LogP contribution in [0.3, 0.4) is 0 Å². The summed E-state index contributed by atoms with van der Waals surface area (Å²) in [6.45, 7) is 26.6. The van der Waals surface area contributed by atoms with Crippen LogP contribution in [0.25, 0.3) is 11.1 Å². The smallest absolute Gasteiger partial charge is 0.0398 e. The Hall–Kier alpha value is -2.47. The average Bonchev–Trinajstić information content (AvgIpc) is 3.00. The molecule has 1 aromatic carbocycles. The monoisotopic (exact) mass is 484 g/mol. The number of thiol groups is 1. The van der Waals surface area contributed by atoms with Crippen LogP contribution in [0.5, 0.6) is 0 Å². The van der Waals surface area contributed by atoms with Gasteiger partial charge in [-0.15, -0.1) is 5.73 Å². The van der Waals surface area contributed by atoms with Gasteiger partial charge < -0.3 is 0 Å². The molecule has 186 valence electrons. The molecule has 0 nitrogen and oxygen atoms in total. The van der Waals surface area contributed by atoms with Gasteiger partial charge in [-0.1, -0.05) is 69.9 Å². The van der Waals surface area contributed by atoms with Gasteiger partial charge in [0.15, 0.2) is 0 Å². The van der Waals surface area contributed by atoms with E-state index in [1.807, 2.05) is 6.08 Å². The minimum atomic E-state index is -0.300. The fraction of sp³-hybridized carbons (Fsp3) is 0.382. The van der Waals surface area contributed by atoms with Crippen molar-refractivity contribution in [2.24, 2.45) is 5.41 Å². The second kappa shape index (κ2) is 11.5. The molecule has 0 aliphatic heterocycles. The van der Waals surface area contributed by atoms with Crippen LogP contribution < -0.4 is 0 Å². The van der Waals surface area contributed by atoms with Crippen molar-refractivity contribution in [3.63, 3.8) is 0 Å². The van der Waals surface area contributed by atoms with Gasteiger partial charge in [0.05, 0.1) is 0 Å². The summed E-state index contributed by atoms with van der Waals surface area (Å²) in [7, 11) is 0. The van der Waals surface area contributed by atoms with E-state index < -0.39 is 0 Å². The third-order valence-electron chi connectivity index (χ3n) is 7.32. The van der Waals surface area contributed by atoms with Gasteiger partial charge in [-0.05, 0) is 128 Å². The molecule has 0 radical (unpaired) electrons. The zero-order valence-electron chi connectivity index (χ0n) is 23.6. The molecule has 0 aromatic heterocycles. The van der Waals surface area contributed by atoms with Crippen molar-refractivity contribution in [3.8, 4) is 0 Å². The zero-order chi connectivity index (χ0) is 26.6. The van der Waals surface area contributed by atoms with E-state index in [9.17, 15) is 0 Å². The van der Waals surface area contributed by atoms with Gasteiger partial charge in [-0.2, -0.15) is 12.6 Å². The number of hydrogen-bond acceptors (Lipinski definition) is 1. The minimum Gasteiger partial charge on any atom is -0.167 e. The highest BCUT2D eigenvalue weighted by atomic mass is 32.1. The predicted octanol–water partition coefficient (Wildman–Crippen LogP) is 10.3. The fourth-order valence-electron chi connectivity index (χ4n) is 4.71. The molecule has 2 rings (SSSR count). The lowest BCUT2D eigenvalue weighted by atomic mass is 9.75. The van der Waals surface area contributed by atoms with E-state index in [0.29, 0.717) is 0 Å². The Kier molecular flexibility index (Phi) is 9.46. The summed E-state index contributed by atoms with van der Waals surface area (Å²) in [4.78, 5) is 0. The van der Waals surface area contributed by atoms with Crippen molar-refractivity contribution < 1.29 is 0 Å². The summed E-state index contributed by atoms with van der Waals surface area (Å²) in [5, 5.41) is 0. The molecule has 35 heavy (non-hydrogen) atoms. The van der Waals surface area contributed by atoms with E-state index in [4.69, 9.17) is 12.6 Å². The molecular weight excluding hydrogens is 440 g/mol. The molecule has 1 unspecified atom stereocenters. The molecule has 1 heteroatoms. The molecule has 1 aliphatic rings. The highest BCUT2D eigenvalue weighted by molar-refractivity contribution is 7.82. The number of benzene rings is 1. The predicted molar refractivity (Wildman–Crippen MR) is 162 cm³/mol. The molecule has 0 saturated heterocycles. The van der Waals surface area contributed by atoms with Gasteiger partial charge in [-0.25, -0.2) is 0 Å². The SMILES string of the molecule is C=C(/C=C(\C=C/C)C(C)(S)C(C)(C)C)c1c(C)cc(C)c(/C(C)=C(C)/C=C2/C=CC=C=CC2)c1C. The molecule has 0 heterocycles. The summed E-state index contributed by atoms with van der Waals surface area (Å²) in [6, 6.07) is 2.30. The highest BCUT2D eigenvalue weighted by Gasteiger charge is 2.36. The van der Waals surface area contributed by atoms with Crippen molar-refractivity contribution in [3.05, 3.63) is 112 Å². The van der Waals surface area contributed by atoms with E-state index in [-0.39, 0.29) is 10.2 Å². The summed E-state index contributed by atoms with van der Waals surface area (Å²) >= 11 is 5.11. The van der Waals surface area contributed by atoms with E-state index in [1.165, 1.54) is 50.1 Å². The van der Waals surface area contributed by atoms with E-state index >= 15 is 0 Å². The first-order valence-electron chi connectivity index (χ1n) is 12.6. The molecule has 0 spiro atoms. The van der Waals surface area contributed by atoms with E-state index in [0.717, 1.165) is 12.0 Å². The molecule has 0 amide bonds. The van der Waals surface area contributed by atoms with Crippen molar-refractivity contribution in [1.82, 2.24) is 0 Å². The number of hydrogen-bond donors (Lipinski definition) is 1. The van der Waals surface area contributed by atoms with Gasteiger partial charge in [0.2, 0.25) is 0 Å². The summed E-state index contributed by atoms with van der Waals surface area (Å²) in [5.74, 6) is 0. The Morgan fingerprint density at radius 2 is 1.69 bits per heavy atom. The molecular formula is C34H44S. The number of rotatable bonds is 6. The first kappa shape index (κ1) is 28.8. The van der Waals surface area contributed by atoms with Crippen LogP contribution in [0.4, 0.5) is 0 Å². The van der Waals surface area contributed by atoms with Crippen LogP contribution in [0.2, 0.25) is 0 Å². The fourth-order valence-corrected chi connectivity index (χ4v) is 4.85. The van der Waals surface area contributed by atoms with Crippen LogP contribution >= 0.6 is 12.6 Å². The Morgan fingerprint density at radius 1 is 1.06 bits per heavy atom. The lowest BCUT2D eigenvalue weighted by molar-refractivity contribution is 0.341. The molecule has 0 saturated carbocycles. The van der Waals surface area contributed by atoms with Gasteiger partial charge in [0, 0.05) is 4.75 Å². The maximum Gasteiger partial charge on any atom is 0.0398 e. The van der Waals surface area contributed by atoms with Crippen LogP contribution in [-0.4, -0.2) is 4.75 Å². The Morgan fingerprint density at radius 3 is 2.29 bits per heavy atom. The Labute approximate surface area is 220 Å². The van der Waals surface area contributed by atoms with Crippen molar-refractivity contribution in [2.45, 2.75) is 80.4 Å². The summed E-state index contributed by atoms with van der Waals surface area (Å²) in [5.41, 5.74) is 15.7. The van der Waals surface area contributed by atoms with Crippen molar-refractivity contribution >= 4 is 23.8 Å². The Balaban J connectivity index is 2.67. The quantitative estimate of drug-likeness (QED) is 0.232. The standard InChI is InChI=1S/C34H44S/c1-12-17-30(34(11,35)33(8,9)10)22-26(5)31-24(3)20-25(4)32(28(31)7)27(6)23(2)21-29-18-15-13-14-16-19-29/h12-13,15-18,20-22,35H,5,19H2,1-4,6-11H3/b17-12-,27-23+,29-21-,30-22+. The number of aryl methyl sites for hydroxylation is 2. The van der Waals surface area contributed by atoms with Crippen LogP contribution in [0, 0.1) is 26.2 Å². The van der Waals surface area contributed by atoms with Gasteiger partial charge in [0.1, 0.15) is 0 Å². The number of allylic oxidation sites excluding steroid dienone is 11. The summed E-state index contributed by atoms with van der Waals surface area (Å²) < 4.78 is -0.300. The topological polar surface area (TPSA) is 0 Å². The van der Waals surface area contributed by atoms with Gasteiger partial charge >= 0.3 is 0 Å². The first-order valence-corrected chi connectivity index (χ1v) is 13.0. The third-order valence-corrected chi connectivity index (χ3v) is 8.25. The van der Waals surface area contributed by atoms with Crippen molar-refractivity contribution in [1.29, 1.82) is 0 Å². The second-order valence-corrected chi connectivity index (χ2v) is 11.9. The normalized spacial score (nSPS) is 18.1. The Bertz CT molecular complexity index is 1200. The lowest BCUT2D eigenvalue weighted by Gasteiger charge is -2.39. The maximum atomic E-state index is 5.11. The zero-order valence-corrected chi connectivity index (χ0v) is 24.5. The van der Waals surface area contributed by atoms with Gasteiger partial charge in [-0.3, -0.25) is 0 Å². The molecule has 0 bridgehead atoms. The minimum absolute atomic E-state index is 0.00858. The second-order valence-electron chi connectivity index (χ2n) is 11.0. The first-order chi connectivity index (χ1) is 16.2. The molecule has 0 N–H and O–H groups in total.